The number of furan rings is 1. The molecule has 2 N–H and O–H groups in total. The summed E-state index contributed by atoms with van der Waals surface area (Å²) in [7, 11) is 0. The minimum atomic E-state index is -1.01. The van der Waals surface area contributed by atoms with Gasteiger partial charge >= 0.3 is 5.97 Å². The summed E-state index contributed by atoms with van der Waals surface area (Å²) in [5.41, 5.74) is 0.771. The van der Waals surface area contributed by atoms with Crippen LogP contribution in [0.1, 0.15) is 59.1 Å². The van der Waals surface area contributed by atoms with Crippen molar-refractivity contribution in [3.05, 3.63) is 53.5 Å². The fourth-order valence-corrected chi connectivity index (χ4v) is 3.83. The van der Waals surface area contributed by atoms with Crippen LogP contribution in [0, 0.1) is 5.92 Å². The van der Waals surface area contributed by atoms with E-state index in [9.17, 15) is 9.59 Å². The summed E-state index contributed by atoms with van der Waals surface area (Å²) in [6, 6.07) is 8.96. The highest BCUT2D eigenvalue weighted by Gasteiger charge is 2.22. The SMILES string of the molecule is CC(CCC1CC1)NC(=O)c1ccccc1SCc1occc1C(=O)O. The summed E-state index contributed by atoms with van der Waals surface area (Å²) >= 11 is 1.40. The number of carbonyl (C=O) groups is 2. The van der Waals surface area contributed by atoms with Crippen molar-refractivity contribution in [2.75, 3.05) is 0 Å². The summed E-state index contributed by atoms with van der Waals surface area (Å²) < 4.78 is 5.27. The summed E-state index contributed by atoms with van der Waals surface area (Å²) in [6.07, 6.45) is 6.20. The van der Waals surface area contributed by atoms with E-state index in [1.54, 1.807) is 6.07 Å². The lowest BCUT2D eigenvalue weighted by molar-refractivity contribution is 0.0694. The molecule has 1 fully saturated rings. The average Bonchev–Trinajstić information content (AvgIpc) is 3.33. The van der Waals surface area contributed by atoms with Crippen LogP contribution in [-0.4, -0.2) is 23.0 Å². The Balaban J connectivity index is 1.62. The van der Waals surface area contributed by atoms with Crippen molar-refractivity contribution in [2.45, 2.75) is 49.3 Å². The number of carboxylic acids is 1. The third-order valence-electron chi connectivity index (χ3n) is 4.55. The van der Waals surface area contributed by atoms with E-state index in [1.165, 1.54) is 43.4 Å². The van der Waals surface area contributed by atoms with Crippen LogP contribution in [0.15, 0.2) is 45.9 Å². The van der Waals surface area contributed by atoms with E-state index < -0.39 is 5.97 Å². The third kappa shape index (κ3) is 4.91. The molecule has 1 aromatic carbocycles. The van der Waals surface area contributed by atoms with Crippen LogP contribution >= 0.6 is 11.8 Å². The maximum absolute atomic E-state index is 12.6. The summed E-state index contributed by atoms with van der Waals surface area (Å²) in [5, 5.41) is 12.2. The number of hydrogen-bond acceptors (Lipinski definition) is 4. The predicted octanol–water partition coefficient (Wildman–Crippen LogP) is 4.58. The van der Waals surface area contributed by atoms with Gasteiger partial charge in [-0.1, -0.05) is 25.0 Å². The zero-order valence-electron chi connectivity index (χ0n) is 14.7. The molecule has 3 rings (SSSR count). The summed E-state index contributed by atoms with van der Waals surface area (Å²) in [5.74, 6) is 0.513. The van der Waals surface area contributed by atoms with Crippen molar-refractivity contribution >= 4 is 23.6 Å². The zero-order chi connectivity index (χ0) is 18.5. The molecule has 0 aliphatic heterocycles. The standard InChI is InChI=1S/C20H23NO4S/c1-13(6-7-14-8-9-14)21-19(22)16-4-2-3-5-18(16)26-12-17-15(20(23)24)10-11-25-17/h2-5,10-11,13-14H,6-9,12H2,1H3,(H,21,22)(H,23,24). The molecule has 1 aliphatic carbocycles. The molecular formula is C20H23NO4S. The number of carboxylic acid groups (broad SMARTS) is 1. The molecule has 1 unspecified atom stereocenters. The molecular weight excluding hydrogens is 350 g/mol. The second-order valence-corrected chi connectivity index (χ2v) is 7.76. The van der Waals surface area contributed by atoms with Gasteiger partial charge in [0.05, 0.1) is 17.6 Å². The van der Waals surface area contributed by atoms with Crippen molar-refractivity contribution in [3.8, 4) is 0 Å². The van der Waals surface area contributed by atoms with Crippen LogP contribution in [0.5, 0.6) is 0 Å². The van der Waals surface area contributed by atoms with E-state index in [2.05, 4.69) is 5.32 Å². The van der Waals surface area contributed by atoms with Crippen molar-refractivity contribution in [2.24, 2.45) is 5.92 Å². The van der Waals surface area contributed by atoms with Gasteiger partial charge in [0.15, 0.2) is 0 Å². The Morgan fingerprint density at radius 1 is 1.27 bits per heavy atom. The molecule has 1 saturated carbocycles. The van der Waals surface area contributed by atoms with E-state index in [0.717, 1.165) is 17.2 Å². The molecule has 0 radical (unpaired) electrons. The summed E-state index contributed by atoms with van der Waals surface area (Å²) in [6.45, 7) is 2.04. The smallest absolute Gasteiger partial charge is 0.339 e. The minimum absolute atomic E-state index is 0.0886. The fraction of sp³-hybridized carbons (Fsp3) is 0.400. The van der Waals surface area contributed by atoms with Gasteiger partial charge in [-0.15, -0.1) is 11.8 Å². The summed E-state index contributed by atoms with van der Waals surface area (Å²) in [4.78, 5) is 24.6. The number of thioether (sulfide) groups is 1. The largest absolute Gasteiger partial charge is 0.478 e. The van der Waals surface area contributed by atoms with Gasteiger partial charge in [0, 0.05) is 10.9 Å². The van der Waals surface area contributed by atoms with Crippen LogP contribution in [0.25, 0.3) is 0 Å². The van der Waals surface area contributed by atoms with E-state index in [0.29, 0.717) is 17.1 Å². The first-order chi connectivity index (χ1) is 12.5. The first-order valence-corrected chi connectivity index (χ1v) is 9.85. The normalized spacial score (nSPS) is 14.8. The maximum atomic E-state index is 12.6. The molecule has 0 saturated heterocycles. The van der Waals surface area contributed by atoms with Gasteiger partial charge in [-0.3, -0.25) is 4.79 Å². The van der Waals surface area contributed by atoms with Crippen molar-refractivity contribution in [3.63, 3.8) is 0 Å². The molecule has 0 bridgehead atoms. The lowest BCUT2D eigenvalue weighted by Gasteiger charge is -2.15. The number of benzene rings is 1. The topological polar surface area (TPSA) is 79.5 Å². The van der Waals surface area contributed by atoms with Crippen LogP contribution in [0.2, 0.25) is 0 Å². The monoisotopic (exact) mass is 373 g/mol. The van der Waals surface area contributed by atoms with Gasteiger partial charge in [-0.2, -0.15) is 0 Å². The number of nitrogens with one attached hydrogen (secondary N) is 1. The van der Waals surface area contributed by atoms with Gasteiger partial charge in [-0.25, -0.2) is 4.79 Å². The first-order valence-electron chi connectivity index (χ1n) is 8.87. The van der Waals surface area contributed by atoms with Crippen LogP contribution in [0.3, 0.4) is 0 Å². The van der Waals surface area contributed by atoms with E-state index in [4.69, 9.17) is 9.52 Å². The molecule has 1 heterocycles. The predicted molar refractivity (Wildman–Crippen MR) is 101 cm³/mol. The highest BCUT2D eigenvalue weighted by Crippen LogP contribution is 2.34. The Hall–Kier alpha value is -2.21. The molecule has 138 valence electrons. The second-order valence-electron chi connectivity index (χ2n) is 6.74. The Kier molecular flexibility index (Phi) is 6.04. The van der Waals surface area contributed by atoms with Crippen LogP contribution < -0.4 is 5.32 Å². The number of aromatic carboxylic acids is 1. The molecule has 1 aromatic heterocycles. The van der Waals surface area contributed by atoms with E-state index in [-0.39, 0.29) is 17.5 Å². The molecule has 1 atom stereocenters. The maximum Gasteiger partial charge on any atom is 0.339 e. The number of rotatable bonds is 9. The average molecular weight is 373 g/mol. The van der Waals surface area contributed by atoms with Crippen molar-refractivity contribution in [1.82, 2.24) is 5.32 Å². The van der Waals surface area contributed by atoms with E-state index in [1.807, 2.05) is 25.1 Å². The Morgan fingerprint density at radius 2 is 2.04 bits per heavy atom. The highest BCUT2D eigenvalue weighted by molar-refractivity contribution is 7.98. The third-order valence-corrected chi connectivity index (χ3v) is 5.62. The lowest BCUT2D eigenvalue weighted by atomic mass is 10.1. The first kappa shape index (κ1) is 18.6. The molecule has 2 aromatic rings. The second kappa shape index (κ2) is 8.45. The van der Waals surface area contributed by atoms with E-state index >= 15 is 0 Å². The zero-order valence-corrected chi connectivity index (χ0v) is 15.6. The molecule has 0 spiro atoms. The quantitative estimate of drug-likeness (QED) is 0.629. The van der Waals surface area contributed by atoms with Gasteiger partial charge in [0.25, 0.3) is 5.91 Å². The number of carbonyl (C=O) groups excluding carboxylic acids is 1. The molecule has 1 aliphatic rings. The van der Waals surface area contributed by atoms with Crippen LogP contribution in [-0.2, 0) is 5.75 Å². The number of hydrogen-bond donors (Lipinski definition) is 2. The Bertz CT molecular complexity index is 782. The van der Waals surface area contributed by atoms with Crippen LogP contribution in [0.4, 0.5) is 0 Å². The Morgan fingerprint density at radius 3 is 2.77 bits per heavy atom. The molecule has 26 heavy (non-hydrogen) atoms. The minimum Gasteiger partial charge on any atom is -0.478 e. The molecule has 5 nitrogen and oxygen atoms in total. The van der Waals surface area contributed by atoms with Gasteiger partial charge in [0.1, 0.15) is 11.3 Å². The van der Waals surface area contributed by atoms with Gasteiger partial charge in [-0.05, 0) is 43.9 Å². The van der Waals surface area contributed by atoms with Gasteiger partial charge < -0.3 is 14.8 Å². The molecule has 6 heteroatoms. The highest BCUT2D eigenvalue weighted by atomic mass is 32.2. The van der Waals surface area contributed by atoms with Crippen molar-refractivity contribution < 1.29 is 19.1 Å². The fourth-order valence-electron chi connectivity index (χ4n) is 2.83. The number of amides is 1. The van der Waals surface area contributed by atoms with Gasteiger partial charge in [0.2, 0.25) is 0 Å². The Labute approximate surface area is 157 Å². The molecule has 1 amide bonds. The van der Waals surface area contributed by atoms with Crippen molar-refractivity contribution in [1.29, 1.82) is 0 Å². The lowest BCUT2D eigenvalue weighted by Crippen LogP contribution is -2.32.